The molecule has 0 unspecified atom stereocenters. The summed E-state index contributed by atoms with van der Waals surface area (Å²) < 4.78 is 5.31. The minimum atomic E-state index is -0.327. The molecule has 0 aliphatic carbocycles. The fourth-order valence-corrected chi connectivity index (χ4v) is 1.44. The van der Waals surface area contributed by atoms with Crippen LogP contribution in [0.3, 0.4) is 0 Å². The molecule has 5 heteroatoms. The average molecular weight is 277 g/mol. The average Bonchev–Trinajstić information content (AvgIpc) is 2.36. The maximum atomic E-state index is 11.7. The second-order valence-corrected chi connectivity index (χ2v) is 4.59. The van der Waals surface area contributed by atoms with Gasteiger partial charge in [-0.05, 0) is 45.6 Å². The molecule has 0 bridgehead atoms. The molecule has 1 atom stereocenters. The molecular formula is C15H26BN2O2. The van der Waals surface area contributed by atoms with Gasteiger partial charge in [0.15, 0.2) is 0 Å². The molecule has 20 heavy (non-hydrogen) atoms. The Labute approximate surface area is 125 Å². The minimum Gasteiger partial charge on any atom is -0.410 e. The lowest BCUT2D eigenvalue weighted by molar-refractivity contribution is 0.165. The molecular weight excluding hydrogens is 251 g/mol. The standard InChI is InChI=1S/C14H22N2O2.CH4.B/c1-6-16(5)14(17)18-13-9-7-8-12(10-13)11(2)15(3)4;;/h7-11H,6H2,1-5H3;1H4;/t11-;;/m0../s1. The van der Waals surface area contributed by atoms with Crippen molar-refractivity contribution in [2.45, 2.75) is 27.3 Å². The summed E-state index contributed by atoms with van der Waals surface area (Å²) in [6, 6.07) is 7.93. The molecule has 1 amide bonds. The first-order valence-electron chi connectivity index (χ1n) is 6.15. The Balaban J connectivity index is 0. The summed E-state index contributed by atoms with van der Waals surface area (Å²) in [5, 5.41) is 0. The maximum absolute atomic E-state index is 11.7. The van der Waals surface area contributed by atoms with Crippen LogP contribution in [0.5, 0.6) is 5.75 Å². The van der Waals surface area contributed by atoms with E-state index in [9.17, 15) is 4.79 Å². The first kappa shape index (κ1) is 20.8. The second kappa shape index (κ2) is 9.42. The Morgan fingerprint density at radius 3 is 2.40 bits per heavy atom. The van der Waals surface area contributed by atoms with E-state index in [1.165, 1.54) is 4.90 Å². The topological polar surface area (TPSA) is 32.8 Å². The van der Waals surface area contributed by atoms with Crippen molar-refractivity contribution in [3.63, 3.8) is 0 Å². The van der Waals surface area contributed by atoms with Crippen molar-refractivity contribution >= 4 is 14.5 Å². The van der Waals surface area contributed by atoms with Crippen molar-refractivity contribution < 1.29 is 9.53 Å². The molecule has 1 aromatic carbocycles. The van der Waals surface area contributed by atoms with Crippen LogP contribution in [0.15, 0.2) is 24.3 Å². The summed E-state index contributed by atoms with van der Waals surface area (Å²) >= 11 is 0. The van der Waals surface area contributed by atoms with Gasteiger partial charge in [-0.3, -0.25) is 0 Å². The van der Waals surface area contributed by atoms with Crippen LogP contribution >= 0.6 is 0 Å². The van der Waals surface area contributed by atoms with Gasteiger partial charge in [0, 0.05) is 28.0 Å². The molecule has 4 nitrogen and oxygen atoms in total. The number of carbonyl (C=O) groups is 1. The smallest absolute Gasteiger partial charge is 0.410 e. The molecule has 0 aliphatic heterocycles. The first-order chi connectivity index (χ1) is 8.45. The number of carbonyl (C=O) groups excluding carboxylic acids is 1. The van der Waals surface area contributed by atoms with Crippen molar-refractivity contribution in [1.29, 1.82) is 0 Å². The Bertz CT molecular complexity index is 411. The van der Waals surface area contributed by atoms with Crippen molar-refractivity contribution in [2.24, 2.45) is 0 Å². The van der Waals surface area contributed by atoms with E-state index in [2.05, 4.69) is 11.8 Å². The van der Waals surface area contributed by atoms with Crippen molar-refractivity contribution in [1.82, 2.24) is 9.80 Å². The largest absolute Gasteiger partial charge is 0.414 e. The zero-order valence-electron chi connectivity index (χ0n) is 12.4. The van der Waals surface area contributed by atoms with E-state index in [0.29, 0.717) is 12.3 Å². The lowest BCUT2D eigenvalue weighted by Gasteiger charge is -2.21. The zero-order valence-corrected chi connectivity index (χ0v) is 12.4. The van der Waals surface area contributed by atoms with Crippen LogP contribution in [0.2, 0.25) is 0 Å². The Morgan fingerprint density at radius 1 is 1.30 bits per heavy atom. The third-order valence-corrected chi connectivity index (χ3v) is 3.11. The van der Waals surface area contributed by atoms with E-state index in [4.69, 9.17) is 4.74 Å². The van der Waals surface area contributed by atoms with Gasteiger partial charge in [0.05, 0.1) is 0 Å². The highest BCUT2D eigenvalue weighted by Gasteiger charge is 2.12. The quantitative estimate of drug-likeness (QED) is 0.793. The number of rotatable bonds is 4. The van der Waals surface area contributed by atoms with Gasteiger partial charge in [-0.2, -0.15) is 0 Å². The molecule has 1 aromatic rings. The number of hydrogen-bond acceptors (Lipinski definition) is 3. The lowest BCUT2D eigenvalue weighted by Crippen LogP contribution is -2.29. The molecule has 0 fully saturated rings. The van der Waals surface area contributed by atoms with Crippen molar-refractivity contribution in [3.05, 3.63) is 29.8 Å². The van der Waals surface area contributed by atoms with Gasteiger partial charge in [0.1, 0.15) is 5.75 Å². The van der Waals surface area contributed by atoms with Gasteiger partial charge in [0.25, 0.3) is 0 Å². The van der Waals surface area contributed by atoms with E-state index >= 15 is 0 Å². The van der Waals surface area contributed by atoms with Crippen LogP contribution in [0, 0.1) is 0 Å². The van der Waals surface area contributed by atoms with E-state index in [1.54, 1.807) is 13.1 Å². The van der Waals surface area contributed by atoms with Gasteiger partial charge in [-0.25, -0.2) is 4.79 Å². The number of benzene rings is 1. The number of hydrogen-bond donors (Lipinski definition) is 0. The maximum Gasteiger partial charge on any atom is 0.414 e. The molecule has 0 saturated carbocycles. The fraction of sp³-hybridized carbons (Fsp3) is 0.533. The highest BCUT2D eigenvalue weighted by Crippen LogP contribution is 2.22. The summed E-state index contributed by atoms with van der Waals surface area (Å²) in [4.78, 5) is 15.3. The van der Waals surface area contributed by atoms with Crippen LogP contribution in [0.1, 0.15) is 32.9 Å². The monoisotopic (exact) mass is 277 g/mol. The molecule has 0 saturated heterocycles. The third kappa shape index (κ3) is 5.65. The van der Waals surface area contributed by atoms with Crippen LogP contribution < -0.4 is 4.74 Å². The van der Waals surface area contributed by atoms with E-state index in [0.717, 1.165) is 5.56 Å². The molecule has 3 radical (unpaired) electrons. The van der Waals surface area contributed by atoms with E-state index in [1.807, 2.05) is 39.2 Å². The minimum absolute atomic E-state index is 0. The highest BCUT2D eigenvalue weighted by atomic mass is 16.6. The van der Waals surface area contributed by atoms with E-state index < -0.39 is 0 Å². The Morgan fingerprint density at radius 2 is 1.90 bits per heavy atom. The van der Waals surface area contributed by atoms with Crippen LogP contribution in [0.4, 0.5) is 4.79 Å². The Hall–Kier alpha value is -1.49. The predicted molar refractivity (Wildman–Crippen MR) is 85.4 cm³/mol. The van der Waals surface area contributed by atoms with Gasteiger partial charge in [-0.15, -0.1) is 0 Å². The van der Waals surface area contributed by atoms with Crippen LogP contribution in [-0.2, 0) is 0 Å². The number of ether oxygens (including phenoxy) is 1. The second-order valence-electron chi connectivity index (χ2n) is 4.59. The molecule has 0 spiro atoms. The van der Waals surface area contributed by atoms with Gasteiger partial charge < -0.3 is 14.5 Å². The number of nitrogens with zero attached hydrogens (tertiary/aromatic N) is 2. The van der Waals surface area contributed by atoms with Gasteiger partial charge in [-0.1, -0.05) is 19.6 Å². The lowest BCUT2D eigenvalue weighted by atomic mass is 10.1. The summed E-state index contributed by atoms with van der Waals surface area (Å²) in [5.74, 6) is 0.589. The van der Waals surface area contributed by atoms with Crippen molar-refractivity contribution in [2.75, 3.05) is 27.7 Å². The summed E-state index contributed by atoms with van der Waals surface area (Å²) in [6.07, 6.45) is -0.327. The third-order valence-electron chi connectivity index (χ3n) is 3.11. The number of amides is 1. The summed E-state index contributed by atoms with van der Waals surface area (Å²) in [6.45, 7) is 4.65. The Kier molecular flexibility index (Phi) is 9.81. The van der Waals surface area contributed by atoms with Crippen molar-refractivity contribution in [3.8, 4) is 5.75 Å². The van der Waals surface area contributed by atoms with Crippen LogP contribution in [-0.4, -0.2) is 52.0 Å². The molecule has 0 aliphatic rings. The van der Waals surface area contributed by atoms with Gasteiger partial charge in [0.2, 0.25) is 0 Å². The fourth-order valence-electron chi connectivity index (χ4n) is 1.44. The zero-order chi connectivity index (χ0) is 13.7. The molecule has 111 valence electrons. The molecule has 1 rings (SSSR count). The summed E-state index contributed by atoms with van der Waals surface area (Å²) in [5.41, 5.74) is 1.13. The predicted octanol–water partition coefficient (Wildman–Crippen LogP) is 3.02. The molecule has 0 aromatic heterocycles. The SMILES string of the molecule is C.CCN(C)C(=O)Oc1cccc([C@H](C)N(C)C)c1.[B]. The molecule has 0 heterocycles. The highest BCUT2D eigenvalue weighted by molar-refractivity contribution is 5.75. The molecule has 0 N–H and O–H groups in total. The van der Waals surface area contributed by atoms with Gasteiger partial charge >= 0.3 is 6.09 Å². The summed E-state index contributed by atoms with van der Waals surface area (Å²) in [7, 11) is 5.76. The normalized spacial score (nSPS) is 11.1. The van der Waals surface area contributed by atoms with E-state index in [-0.39, 0.29) is 28.0 Å². The first-order valence-corrected chi connectivity index (χ1v) is 6.15. The van der Waals surface area contributed by atoms with Crippen LogP contribution in [0.25, 0.3) is 0 Å².